The van der Waals surface area contributed by atoms with Crippen LogP contribution < -0.4 is 14.8 Å². The fourth-order valence-corrected chi connectivity index (χ4v) is 2.14. The molecular formula is C18H18F3NO3. The number of amides is 1. The quantitative estimate of drug-likeness (QED) is 0.820. The Bertz CT molecular complexity index is 714. The van der Waals surface area contributed by atoms with Crippen molar-refractivity contribution in [2.45, 2.75) is 32.7 Å². The van der Waals surface area contributed by atoms with Gasteiger partial charge in [0.1, 0.15) is 11.5 Å². The molecule has 7 heteroatoms. The van der Waals surface area contributed by atoms with Crippen molar-refractivity contribution in [1.82, 2.24) is 0 Å². The van der Waals surface area contributed by atoms with E-state index in [1.54, 1.807) is 13.0 Å². The van der Waals surface area contributed by atoms with Gasteiger partial charge in [0, 0.05) is 5.69 Å². The van der Waals surface area contributed by atoms with E-state index < -0.39 is 12.5 Å². The standard InChI is InChI=1S/C18H18F3NO3/c1-3-16(24-15-6-4-5-12(2)11-15)17(23)22-13-7-9-14(10-8-13)25-18(19,20)21/h4-11,16H,3H2,1-2H3,(H,22,23)/t16-/m1/s1. The van der Waals surface area contributed by atoms with Crippen molar-refractivity contribution in [3.8, 4) is 11.5 Å². The molecule has 1 atom stereocenters. The summed E-state index contributed by atoms with van der Waals surface area (Å²) < 4.78 is 45.9. The molecule has 0 radical (unpaired) electrons. The topological polar surface area (TPSA) is 47.6 Å². The molecule has 1 N–H and O–H groups in total. The highest BCUT2D eigenvalue weighted by atomic mass is 19.4. The number of hydrogen-bond donors (Lipinski definition) is 1. The predicted molar refractivity (Wildman–Crippen MR) is 87.6 cm³/mol. The summed E-state index contributed by atoms with van der Waals surface area (Å²) in [7, 11) is 0. The second-order valence-electron chi connectivity index (χ2n) is 5.39. The van der Waals surface area contributed by atoms with Gasteiger partial charge in [0.15, 0.2) is 6.10 Å². The van der Waals surface area contributed by atoms with E-state index in [0.717, 1.165) is 17.7 Å². The number of alkyl halides is 3. The van der Waals surface area contributed by atoms with Crippen LogP contribution in [0.4, 0.5) is 18.9 Å². The fourth-order valence-electron chi connectivity index (χ4n) is 2.14. The van der Waals surface area contributed by atoms with E-state index in [9.17, 15) is 18.0 Å². The zero-order valence-corrected chi connectivity index (χ0v) is 13.8. The van der Waals surface area contributed by atoms with Crippen LogP contribution in [0.15, 0.2) is 48.5 Å². The lowest BCUT2D eigenvalue weighted by Gasteiger charge is -2.18. The summed E-state index contributed by atoms with van der Waals surface area (Å²) in [4.78, 5) is 12.3. The van der Waals surface area contributed by atoms with Gasteiger partial charge < -0.3 is 14.8 Å². The molecule has 0 saturated heterocycles. The molecule has 2 aromatic carbocycles. The number of carbonyl (C=O) groups excluding carboxylic acids is 1. The molecule has 0 unspecified atom stereocenters. The predicted octanol–water partition coefficient (Wildman–Crippen LogP) is 4.69. The number of nitrogens with one attached hydrogen (secondary N) is 1. The molecule has 0 bridgehead atoms. The Balaban J connectivity index is 1.99. The number of halogens is 3. The Kier molecular flexibility index (Phi) is 5.90. The molecule has 0 fully saturated rings. The zero-order valence-electron chi connectivity index (χ0n) is 13.8. The Morgan fingerprint density at radius 1 is 1.12 bits per heavy atom. The van der Waals surface area contributed by atoms with Gasteiger partial charge in [-0.3, -0.25) is 4.79 Å². The van der Waals surface area contributed by atoms with E-state index in [2.05, 4.69) is 10.1 Å². The summed E-state index contributed by atoms with van der Waals surface area (Å²) in [6.45, 7) is 3.72. The number of carbonyl (C=O) groups is 1. The van der Waals surface area contributed by atoms with Gasteiger partial charge in [0.05, 0.1) is 0 Å². The number of hydrogen-bond acceptors (Lipinski definition) is 3. The van der Waals surface area contributed by atoms with E-state index in [4.69, 9.17) is 4.74 Å². The third kappa shape index (κ3) is 6.02. The Morgan fingerprint density at radius 3 is 2.36 bits per heavy atom. The van der Waals surface area contributed by atoms with Crippen molar-refractivity contribution < 1.29 is 27.4 Å². The monoisotopic (exact) mass is 353 g/mol. The molecule has 4 nitrogen and oxygen atoms in total. The molecule has 1 amide bonds. The number of aryl methyl sites for hydroxylation is 1. The average molecular weight is 353 g/mol. The first-order chi connectivity index (χ1) is 11.8. The van der Waals surface area contributed by atoms with Crippen LogP contribution >= 0.6 is 0 Å². The summed E-state index contributed by atoms with van der Waals surface area (Å²) >= 11 is 0. The minimum atomic E-state index is -4.75. The molecule has 25 heavy (non-hydrogen) atoms. The summed E-state index contributed by atoms with van der Waals surface area (Å²) in [5.74, 6) is -0.155. The van der Waals surface area contributed by atoms with Crippen molar-refractivity contribution in [2.24, 2.45) is 0 Å². The van der Waals surface area contributed by atoms with Crippen LogP contribution in [0.25, 0.3) is 0 Å². The lowest BCUT2D eigenvalue weighted by molar-refractivity contribution is -0.274. The van der Waals surface area contributed by atoms with Crippen LogP contribution in [0.1, 0.15) is 18.9 Å². The van der Waals surface area contributed by atoms with E-state index in [-0.39, 0.29) is 11.7 Å². The van der Waals surface area contributed by atoms with Crippen molar-refractivity contribution in [2.75, 3.05) is 5.32 Å². The molecule has 0 aliphatic rings. The van der Waals surface area contributed by atoms with Crippen LogP contribution in [0.5, 0.6) is 11.5 Å². The van der Waals surface area contributed by atoms with Gasteiger partial charge in [-0.15, -0.1) is 13.2 Å². The first kappa shape index (κ1) is 18.6. The minimum Gasteiger partial charge on any atom is -0.481 e. The van der Waals surface area contributed by atoms with Crippen LogP contribution in [-0.4, -0.2) is 18.4 Å². The first-order valence-corrected chi connectivity index (χ1v) is 7.67. The van der Waals surface area contributed by atoms with Gasteiger partial charge in [-0.2, -0.15) is 0 Å². The van der Waals surface area contributed by atoms with Gasteiger partial charge in [-0.25, -0.2) is 0 Å². The van der Waals surface area contributed by atoms with Gasteiger partial charge in [0.2, 0.25) is 0 Å². The second-order valence-corrected chi connectivity index (χ2v) is 5.39. The SMILES string of the molecule is CC[C@@H](Oc1cccc(C)c1)C(=O)Nc1ccc(OC(F)(F)F)cc1. The number of ether oxygens (including phenoxy) is 2. The highest BCUT2D eigenvalue weighted by molar-refractivity contribution is 5.94. The maximum atomic E-state index is 12.3. The van der Waals surface area contributed by atoms with Crippen LogP contribution in [0, 0.1) is 6.92 Å². The lowest BCUT2D eigenvalue weighted by atomic mass is 10.2. The molecule has 0 heterocycles. The van der Waals surface area contributed by atoms with E-state index in [1.807, 2.05) is 25.1 Å². The van der Waals surface area contributed by atoms with Crippen molar-refractivity contribution in [1.29, 1.82) is 0 Å². The maximum absolute atomic E-state index is 12.3. The normalized spacial score (nSPS) is 12.4. The molecule has 2 rings (SSSR count). The molecule has 0 saturated carbocycles. The van der Waals surface area contributed by atoms with Crippen molar-refractivity contribution in [3.05, 3.63) is 54.1 Å². The summed E-state index contributed by atoms with van der Waals surface area (Å²) in [5, 5.41) is 2.62. The van der Waals surface area contributed by atoms with Gasteiger partial charge in [0.25, 0.3) is 5.91 Å². The zero-order chi connectivity index (χ0) is 18.4. The van der Waals surface area contributed by atoms with E-state index in [0.29, 0.717) is 17.9 Å². The highest BCUT2D eigenvalue weighted by Gasteiger charge is 2.31. The van der Waals surface area contributed by atoms with Crippen molar-refractivity contribution >= 4 is 11.6 Å². The second kappa shape index (κ2) is 7.92. The maximum Gasteiger partial charge on any atom is 0.573 e. The number of rotatable bonds is 6. The number of anilines is 1. The van der Waals surface area contributed by atoms with Crippen molar-refractivity contribution in [3.63, 3.8) is 0 Å². The number of benzene rings is 2. The molecule has 0 aliphatic heterocycles. The molecule has 2 aromatic rings. The molecular weight excluding hydrogens is 335 g/mol. The third-order valence-corrected chi connectivity index (χ3v) is 3.29. The van der Waals surface area contributed by atoms with Gasteiger partial charge >= 0.3 is 6.36 Å². The molecule has 0 aliphatic carbocycles. The Morgan fingerprint density at radius 2 is 1.80 bits per heavy atom. The van der Waals surface area contributed by atoms with Crippen LogP contribution in [0.3, 0.4) is 0 Å². The summed E-state index contributed by atoms with van der Waals surface area (Å²) in [5.41, 5.74) is 1.36. The van der Waals surface area contributed by atoms with Gasteiger partial charge in [-0.05, 0) is 55.3 Å². The molecule has 0 aromatic heterocycles. The fraction of sp³-hybridized carbons (Fsp3) is 0.278. The third-order valence-electron chi connectivity index (χ3n) is 3.29. The van der Waals surface area contributed by atoms with Crippen LogP contribution in [-0.2, 0) is 4.79 Å². The van der Waals surface area contributed by atoms with E-state index >= 15 is 0 Å². The average Bonchev–Trinajstić information content (AvgIpc) is 2.53. The summed E-state index contributed by atoms with van der Waals surface area (Å²) in [6, 6.07) is 12.2. The minimum absolute atomic E-state index is 0.353. The van der Waals surface area contributed by atoms with Crippen LogP contribution in [0.2, 0.25) is 0 Å². The molecule has 134 valence electrons. The largest absolute Gasteiger partial charge is 0.573 e. The Labute approximate surface area is 143 Å². The van der Waals surface area contributed by atoms with E-state index in [1.165, 1.54) is 12.1 Å². The highest BCUT2D eigenvalue weighted by Crippen LogP contribution is 2.24. The lowest BCUT2D eigenvalue weighted by Crippen LogP contribution is -2.32. The smallest absolute Gasteiger partial charge is 0.481 e. The van der Waals surface area contributed by atoms with Gasteiger partial charge in [-0.1, -0.05) is 19.1 Å². The first-order valence-electron chi connectivity index (χ1n) is 7.67. The Hall–Kier alpha value is -2.70. The molecule has 0 spiro atoms. The summed E-state index contributed by atoms with van der Waals surface area (Å²) in [6.07, 6.45) is -5.03.